The van der Waals surface area contributed by atoms with Gasteiger partial charge in [-0.2, -0.15) is 8.42 Å². The van der Waals surface area contributed by atoms with Crippen LogP contribution in [0, 0.1) is 5.92 Å². The Bertz CT molecular complexity index is 1420. The number of piperidine rings is 1. The molecule has 5 atom stereocenters. The summed E-state index contributed by atoms with van der Waals surface area (Å²) in [7, 11) is -3.67. The van der Waals surface area contributed by atoms with Crippen LogP contribution in [0.2, 0.25) is 0 Å². The summed E-state index contributed by atoms with van der Waals surface area (Å²) in [6.45, 7) is 1.89. The average molecular weight is 573 g/mol. The molecule has 3 N–H and O–H groups in total. The molecule has 1 aromatic rings. The van der Waals surface area contributed by atoms with Crippen molar-refractivity contribution in [3.63, 3.8) is 0 Å². The number of hydrogen-bond acceptors (Lipinski definition) is 8. The third-order valence-electron chi connectivity index (χ3n) is 10.5. The summed E-state index contributed by atoms with van der Waals surface area (Å²) >= 11 is 0. The van der Waals surface area contributed by atoms with E-state index in [1.807, 2.05) is 6.07 Å². The zero-order chi connectivity index (χ0) is 28.2. The number of ether oxygens (including phenoxy) is 1. The van der Waals surface area contributed by atoms with Crippen molar-refractivity contribution in [2.75, 3.05) is 19.3 Å². The molecule has 2 bridgehead atoms. The van der Waals surface area contributed by atoms with Gasteiger partial charge >= 0.3 is 0 Å². The van der Waals surface area contributed by atoms with Crippen LogP contribution in [0.15, 0.2) is 23.3 Å². The van der Waals surface area contributed by atoms with Gasteiger partial charge in [0.2, 0.25) is 0 Å². The van der Waals surface area contributed by atoms with Gasteiger partial charge in [-0.3, -0.25) is 23.9 Å². The fraction of sp³-hybridized carbons (Fsp3) is 0.655. The third kappa shape index (κ3) is 3.66. The fourth-order valence-corrected chi connectivity index (χ4v) is 8.78. The van der Waals surface area contributed by atoms with Crippen molar-refractivity contribution in [1.82, 2.24) is 9.80 Å². The molecule has 40 heavy (non-hydrogen) atoms. The van der Waals surface area contributed by atoms with E-state index in [2.05, 4.69) is 4.90 Å². The van der Waals surface area contributed by atoms with Gasteiger partial charge in [0, 0.05) is 29.3 Å². The van der Waals surface area contributed by atoms with Crippen molar-refractivity contribution in [3.05, 3.63) is 34.4 Å². The number of benzene rings is 1. The number of phenols is 1. The van der Waals surface area contributed by atoms with Crippen molar-refractivity contribution in [1.29, 1.82) is 0 Å². The maximum absolute atomic E-state index is 13.5. The second-order valence-corrected chi connectivity index (χ2v) is 14.2. The molecule has 0 aromatic heterocycles. The Balaban J connectivity index is 0.000000490. The largest absolute Gasteiger partial charge is 0.504 e. The first-order chi connectivity index (χ1) is 18.9. The summed E-state index contributed by atoms with van der Waals surface area (Å²) < 4.78 is 32.5. The van der Waals surface area contributed by atoms with Crippen LogP contribution in [0.3, 0.4) is 0 Å². The van der Waals surface area contributed by atoms with Crippen molar-refractivity contribution in [3.8, 4) is 11.5 Å². The van der Waals surface area contributed by atoms with Crippen molar-refractivity contribution in [2.45, 2.75) is 93.4 Å². The number of carbonyl (C=O) groups is 2. The van der Waals surface area contributed by atoms with Gasteiger partial charge in [-0.1, -0.05) is 6.07 Å². The van der Waals surface area contributed by atoms with E-state index in [4.69, 9.17) is 9.29 Å². The molecule has 0 unspecified atom stereocenters. The summed E-state index contributed by atoms with van der Waals surface area (Å²) in [4.78, 5) is 31.1. The molecular formula is C29H36N2O8S. The number of phenolic OH excluding ortho intramolecular Hbond substituents is 1. The van der Waals surface area contributed by atoms with Gasteiger partial charge in [0.05, 0.1) is 23.3 Å². The lowest BCUT2D eigenvalue weighted by molar-refractivity contribution is -0.201. The van der Waals surface area contributed by atoms with Crippen LogP contribution in [0.5, 0.6) is 11.5 Å². The van der Waals surface area contributed by atoms with E-state index in [1.54, 1.807) is 6.07 Å². The van der Waals surface area contributed by atoms with Crippen molar-refractivity contribution < 1.29 is 37.5 Å². The van der Waals surface area contributed by atoms with Crippen LogP contribution >= 0.6 is 0 Å². The molecular weight excluding hydrogens is 536 g/mol. The first-order valence-electron chi connectivity index (χ1n) is 14.4. The van der Waals surface area contributed by atoms with Gasteiger partial charge in [0.25, 0.3) is 21.9 Å². The maximum Gasteiger partial charge on any atom is 0.261 e. The molecule has 7 aliphatic rings. The summed E-state index contributed by atoms with van der Waals surface area (Å²) in [6, 6.07) is 3.25. The van der Waals surface area contributed by atoms with E-state index >= 15 is 0 Å². The monoisotopic (exact) mass is 572 g/mol. The van der Waals surface area contributed by atoms with E-state index in [0.717, 1.165) is 49.4 Å². The zero-order valence-electron chi connectivity index (χ0n) is 22.6. The Morgan fingerprint density at radius 3 is 2.33 bits per heavy atom. The van der Waals surface area contributed by atoms with Crippen LogP contribution in [0.1, 0.15) is 68.9 Å². The van der Waals surface area contributed by atoms with Crippen LogP contribution < -0.4 is 4.74 Å². The minimum atomic E-state index is -3.67. The number of rotatable bonds is 3. The van der Waals surface area contributed by atoms with E-state index in [0.29, 0.717) is 55.3 Å². The summed E-state index contributed by atoms with van der Waals surface area (Å²) in [5.41, 5.74) is 1.73. The predicted molar refractivity (Wildman–Crippen MR) is 143 cm³/mol. The molecule has 3 heterocycles. The minimum absolute atomic E-state index is 0.0109. The first kappa shape index (κ1) is 26.4. The molecule has 8 rings (SSSR count). The summed E-state index contributed by atoms with van der Waals surface area (Å²) in [5, 5.41) is 23.4. The van der Waals surface area contributed by atoms with E-state index in [-0.39, 0.29) is 23.6 Å². The minimum Gasteiger partial charge on any atom is -0.504 e. The first-order valence-corrected chi connectivity index (χ1v) is 16.3. The van der Waals surface area contributed by atoms with Crippen LogP contribution in [-0.4, -0.2) is 87.9 Å². The summed E-state index contributed by atoms with van der Waals surface area (Å²) in [5.74, 6) is 0.972. The van der Waals surface area contributed by atoms with E-state index in [9.17, 15) is 28.2 Å². The molecule has 2 amide bonds. The SMILES string of the molecule is CS(=O)(=O)O.O=C1C2=C(CCCC2)C(=O)N1[C@H]1CC[C@@]2(O)[C@H]3Cc4ccc(O)c5c4[C@@]2(CCN3CC2CC2)[C@H]1O5. The number of likely N-dealkylation sites (tertiary alicyclic amines) is 1. The van der Waals surface area contributed by atoms with Crippen molar-refractivity contribution in [2.24, 2.45) is 5.92 Å². The smallest absolute Gasteiger partial charge is 0.261 e. The molecule has 3 aliphatic heterocycles. The average Bonchev–Trinajstić information content (AvgIpc) is 3.58. The normalized spacial score (nSPS) is 36.1. The summed E-state index contributed by atoms with van der Waals surface area (Å²) in [6.07, 6.45) is 8.46. The number of carbonyl (C=O) groups excluding carboxylic acids is 2. The van der Waals surface area contributed by atoms with Gasteiger partial charge < -0.3 is 14.9 Å². The Morgan fingerprint density at radius 2 is 1.70 bits per heavy atom. The van der Waals surface area contributed by atoms with Crippen molar-refractivity contribution >= 4 is 21.9 Å². The van der Waals surface area contributed by atoms with Crippen LogP contribution in [-0.2, 0) is 31.5 Å². The molecule has 11 heteroatoms. The van der Waals surface area contributed by atoms with Gasteiger partial charge in [-0.05, 0) is 88.3 Å². The fourth-order valence-electron chi connectivity index (χ4n) is 8.78. The molecule has 3 fully saturated rings. The standard InChI is InChI=1S/C28H32N2O5.CH4O3S/c31-20-8-7-16-13-21-28(34)10-9-19(30-25(32)17-3-1-2-4-18(17)26(30)33)24-27(28,22(16)23(20)35-24)11-12-29(21)14-15-5-6-15;1-5(2,3)4/h7-8,15,19,21,24,31,34H,1-6,9-14H2;1H3,(H,2,3,4)/t19-,21+,24-,27-,28+;/m0./s1. The lowest BCUT2D eigenvalue weighted by atomic mass is 9.48. The third-order valence-corrected chi connectivity index (χ3v) is 10.5. The van der Waals surface area contributed by atoms with E-state index < -0.39 is 33.3 Å². The molecule has 0 radical (unpaired) electrons. The molecule has 4 aliphatic carbocycles. The Kier molecular flexibility index (Phi) is 5.79. The molecule has 2 saturated carbocycles. The lowest BCUT2D eigenvalue weighted by Gasteiger charge is -2.64. The van der Waals surface area contributed by atoms with Crippen LogP contribution in [0.4, 0.5) is 0 Å². The topological polar surface area (TPSA) is 145 Å². The quantitative estimate of drug-likeness (QED) is 0.366. The Labute approximate surface area is 233 Å². The molecule has 1 spiro atoms. The highest BCUT2D eigenvalue weighted by atomic mass is 32.2. The Hall–Kier alpha value is -2.47. The lowest BCUT2D eigenvalue weighted by Crippen LogP contribution is -2.78. The molecule has 216 valence electrons. The molecule has 10 nitrogen and oxygen atoms in total. The van der Waals surface area contributed by atoms with Gasteiger partial charge in [0.15, 0.2) is 11.5 Å². The highest BCUT2D eigenvalue weighted by Gasteiger charge is 2.74. The number of nitrogens with zero attached hydrogens (tertiary/aromatic N) is 2. The molecule has 1 aromatic carbocycles. The second-order valence-electron chi connectivity index (χ2n) is 12.8. The molecule has 1 saturated heterocycles. The number of imide groups is 1. The second kappa shape index (κ2) is 8.77. The van der Waals surface area contributed by atoms with Gasteiger partial charge in [-0.15, -0.1) is 0 Å². The highest BCUT2D eigenvalue weighted by molar-refractivity contribution is 7.85. The van der Waals surface area contributed by atoms with Gasteiger partial charge in [0.1, 0.15) is 6.10 Å². The zero-order valence-corrected chi connectivity index (χ0v) is 23.5. The number of aliphatic hydroxyl groups is 1. The highest BCUT2D eigenvalue weighted by Crippen LogP contribution is 2.66. The number of aromatic hydroxyl groups is 1. The van der Waals surface area contributed by atoms with E-state index in [1.165, 1.54) is 17.7 Å². The number of hydrogen-bond donors (Lipinski definition) is 3. The van der Waals surface area contributed by atoms with Gasteiger partial charge in [-0.25, -0.2) is 0 Å². The van der Waals surface area contributed by atoms with Crippen LogP contribution in [0.25, 0.3) is 0 Å². The number of amides is 2. The Morgan fingerprint density at radius 1 is 1.05 bits per heavy atom. The predicted octanol–water partition coefficient (Wildman–Crippen LogP) is 2.07. The maximum atomic E-state index is 13.5.